The van der Waals surface area contributed by atoms with E-state index in [1.165, 1.54) is 25.5 Å². The van der Waals surface area contributed by atoms with Crippen LogP contribution in [0.25, 0.3) is 0 Å². The van der Waals surface area contributed by atoms with E-state index in [1.54, 1.807) is 30.3 Å². The molecule has 0 spiro atoms. The van der Waals surface area contributed by atoms with E-state index in [0.717, 1.165) is 5.56 Å². The van der Waals surface area contributed by atoms with Crippen LogP contribution in [0.4, 0.5) is 0 Å². The zero-order valence-corrected chi connectivity index (χ0v) is 11.9. The van der Waals surface area contributed by atoms with Gasteiger partial charge in [-0.05, 0) is 29.8 Å². The minimum absolute atomic E-state index is 0.217. The Kier molecular flexibility index (Phi) is 4.98. The Morgan fingerprint density at radius 2 is 1.95 bits per heavy atom. The van der Waals surface area contributed by atoms with E-state index in [-0.39, 0.29) is 12.2 Å². The van der Waals surface area contributed by atoms with Crippen LogP contribution in [-0.2, 0) is 6.61 Å². The summed E-state index contributed by atoms with van der Waals surface area (Å²) in [5.74, 6) is -0.0108. The monoisotopic (exact) mass is 301 g/mol. The first kappa shape index (κ1) is 15.4. The van der Waals surface area contributed by atoms with Gasteiger partial charge < -0.3 is 19.8 Å². The number of methoxy groups -OCH3 is 1. The second-order valence-corrected chi connectivity index (χ2v) is 4.41. The first-order valence-electron chi connectivity index (χ1n) is 6.45. The fourth-order valence-corrected chi connectivity index (χ4v) is 1.91. The van der Waals surface area contributed by atoms with Crippen molar-refractivity contribution in [2.24, 2.45) is 5.16 Å². The standard InChI is InChI=1S/C16H15NO5/c1-21-14-4-2-3-13(9-17-20)15(14)22-10-11-5-7-12(8-6-11)16(18)19/h2-9,20H,10H2,1H3,(H,18,19)/b17-9+. The van der Waals surface area contributed by atoms with Gasteiger partial charge in [-0.2, -0.15) is 0 Å². The number of para-hydroxylation sites is 1. The molecule has 0 amide bonds. The minimum atomic E-state index is -0.973. The fraction of sp³-hybridized carbons (Fsp3) is 0.125. The van der Waals surface area contributed by atoms with Crippen LogP contribution in [0.1, 0.15) is 21.5 Å². The molecule has 6 heteroatoms. The molecule has 0 bridgehead atoms. The molecule has 0 aliphatic heterocycles. The lowest BCUT2D eigenvalue weighted by atomic mass is 10.1. The molecule has 0 aliphatic carbocycles. The number of ether oxygens (including phenoxy) is 2. The summed E-state index contributed by atoms with van der Waals surface area (Å²) in [7, 11) is 1.52. The quantitative estimate of drug-likeness (QED) is 0.486. The second kappa shape index (κ2) is 7.12. The van der Waals surface area contributed by atoms with Gasteiger partial charge in [0.25, 0.3) is 0 Å². The highest BCUT2D eigenvalue weighted by atomic mass is 16.5. The molecule has 2 N–H and O–H groups in total. The Balaban J connectivity index is 2.18. The van der Waals surface area contributed by atoms with E-state index >= 15 is 0 Å². The Bertz CT molecular complexity index is 679. The lowest BCUT2D eigenvalue weighted by molar-refractivity contribution is 0.0697. The van der Waals surface area contributed by atoms with Crippen LogP contribution in [0.5, 0.6) is 11.5 Å². The van der Waals surface area contributed by atoms with Gasteiger partial charge in [0.1, 0.15) is 6.61 Å². The predicted octanol–water partition coefficient (Wildman–Crippen LogP) is 2.78. The number of carbonyl (C=O) groups is 1. The topological polar surface area (TPSA) is 88.4 Å². The van der Waals surface area contributed by atoms with Crippen molar-refractivity contribution in [3.63, 3.8) is 0 Å². The van der Waals surface area contributed by atoms with Gasteiger partial charge in [-0.3, -0.25) is 0 Å². The molecular formula is C16H15NO5. The second-order valence-electron chi connectivity index (χ2n) is 4.41. The summed E-state index contributed by atoms with van der Waals surface area (Å²) >= 11 is 0. The molecule has 0 aromatic heterocycles. The third-order valence-electron chi connectivity index (χ3n) is 3.01. The molecule has 0 unspecified atom stereocenters. The zero-order chi connectivity index (χ0) is 15.9. The Morgan fingerprint density at radius 1 is 1.23 bits per heavy atom. The maximum absolute atomic E-state index is 10.8. The van der Waals surface area contributed by atoms with Gasteiger partial charge in [-0.15, -0.1) is 0 Å². The van der Waals surface area contributed by atoms with Crippen molar-refractivity contribution in [1.82, 2.24) is 0 Å². The van der Waals surface area contributed by atoms with Gasteiger partial charge in [0, 0.05) is 5.56 Å². The van der Waals surface area contributed by atoms with Crippen molar-refractivity contribution in [3.8, 4) is 11.5 Å². The van der Waals surface area contributed by atoms with E-state index in [1.807, 2.05) is 0 Å². The Labute approximate surface area is 127 Å². The SMILES string of the molecule is COc1cccc(/C=N/O)c1OCc1ccc(C(=O)O)cc1. The largest absolute Gasteiger partial charge is 0.493 e. The third kappa shape index (κ3) is 3.54. The minimum Gasteiger partial charge on any atom is -0.493 e. The average Bonchev–Trinajstić information content (AvgIpc) is 2.54. The van der Waals surface area contributed by atoms with Gasteiger partial charge in [0.05, 0.1) is 18.9 Å². The summed E-state index contributed by atoms with van der Waals surface area (Å²) in [4.78, 5) is 10.8. The molecule has 0 fully saturated rings. The molecule has 0 heterocycles. The molecule has 2 rings (SSSR count). The van der Waals surface area contributed by atoms with E-state index in [0.29, 0.717) is 17.1 Å². The van der Waals surface area contributed by atoms with Crippen LogP contribution in [0.15, 0.2) is 47.6 Å². The van der Waals surface area contributed by atoms with E-state index in [9.17, 15) is 4.79 Å². The van der Waals surface area contributed by atoms with Crippen molar-refractivity contribution in [1.29, 1.82) is 0 Å². The highest BCUT2D eigenvalue weighted by Crippen LogP contribution is 2.30. The number of hydrogen-bond acceptors (Lipinski definition) is 5. The number of aromatic carboxylic acids is 1. The van der Waals surface area contributed by atoms with Crippen molar-refractivity contribution in [3.05, 3.63) is 59.2 Å². The number of nitrogens with zero attached hydrogens (tertiary/aromatic N) is 1. The van der Waals surface area contributed by atoms with Gasteiger partial charge in [0.2, 0.25) is 0 Å². The van der Waals surface area contributed by atoms with Crippen LogP contribution < -0.4 is 9.47 Å². The van der Waals surface area contributed by atoms with Crippen LogP contribution in [0.2, 0.25) is 0 Å². The van der Waals surface area contributed by atoms with Crippen molar-refractivity contribution in [2.45, 2.75) is 6.61 Å². The van der Waals surface area contributed by atoms with Crippen LogP contribution >= 0.6 is 0 Å². The molecule has 0 aliphatic rings. The van der Waals surface area contributed by atoms with E-state index in [4.69, 9.17) is 19.8 Å². The molecule has 0 radical (unpaired) electrons. The molecule has 22 heavy (non-hydrogen) atoms. The van der Waals surface area contributed by atoms with Gasteiger partial charge >= 0.3 is 5.97 Å². The van der Waals surface area contributed by atoms with Crippen LogP contribution in [-0.4, -0.2) is 29.6 Å². The lowest BCUT2D eigenvalue weighted by Crippen LogP contribution is -2.02. The predicted molar refractivity (Wildman–Crippen MR) is 80.1 cm³/mol. The van der Waals surface area contributed by atoms with E-state index in [2.05, 4.69) is 5.16 Å². The number of hydrogen-bond donors (Lipinski definition) is 2. The normalized spacial score (nSPS) is 10.6. The molecule has 0 saturated carbocycles. The third-order valence-corrected chi connectivity index (χ3v) is 3.01. The summed E-state index contributed by atoms with van der Waals surface area (Å²) in [6.45, 7) is 0.229. The van der Waals surface area contributed by atoms with Crippen LogP contribution in [0.3, 0.4) is 0 Å². The molecule has 0 atom stereocenters. The zero-order valence-electron chi connectivity index (χ0n) is 11.9. The van der Waals surface area contributed by atoms with Crippen molar-refractivity contribution < 1.29 is 24.6 Å². The summed E-state index contributed by atoms with van der Waals surface area (Å²) in [5, 5.41) is 20.6. The number of oxime groups is 1. The van der Waals surface area contributed by atoms with Crippen molar-refractivity contribution in [2.75, 3.05) is 7.11 Å². The van der Waals surface area contributed by atoms with Crippen LogP contribution in [0, 0.1) is 0 Å². The number of benzene rings is 2. The van der Waals surface area contributed by atoms with Gasteiger partial charge in [-0.1, -0.05) is 23.4 Å². The molecule has 2 aromatic carbocycles. The average molecular weight is 301 g/mol. The molecule has 114 valence electrons. The molecular weight excluding hydrogens is 286 g/mol. The van der Waals surface area contributed by atoms with Crippen molar-refractivity contribution >= 4 is 12.2 Å². The highest BCUT2D eigenvalue weighted by Gasteiger charge is 2.10. The Morgan fingerprint density at radius 3 is 2.55 bits per heavy atom. The first-order chi connectivity index (χ1) is 10.7. The summed E-state index contributed by atoms with van der Waals surface area (Å²) in [6, 6.07) is 11.6. The van der Waals surface area contributed by atoms with Gasteiger partial charge in [-0.25, -0.2) is 4.79 Å². The molecule has 6 nitrogen and oxygen atoms in total. The fourth-order valence-electron chi connectivity index (χ4n) is 1.91. The number of carboxylic acid groups (broad SMARTS) is 1. The summed E-state index contributed by atoms with van der Waals surface area (Å²) < 4.78 is 10.9. The summed E-state index contributed by atoms with van der Waals surface area (Å²) in [6.07, 6.45) is 1.26. The Hall–Kier alpha value is -3.02. The van der Waals surface area contributed by atoms with E-state index < -0.39 is 5.97 Å². The maximum Gasteiger partial charge on any atom is 0.335 e. The smallest absolute Gasteiger partial charge is 0.335 e. The lowest BCUT2D eigenvalue weighted by Gasteiger charge is -2.13. The highest BCUT2D eigenvalue weighted by molar-refractivity contribution is 5.87. The maximum atomic E-state index is 10.8. The number of rotatable bonds is 6. The molecule has 0 saturated heterocycles. The first-order valence-corrected chi connectivity index (χ1v) is 6.45. The van der Waals surface area contributed by atoms with Gasteiger partial charge in [0.15, 0.2) is 11.5 Å². The summed E-state index contributed by atoms with van der Waals surface area (Å²) in [5.41, 5.74) is 1.60. The number of carboxylic acids is 1. The molecule has 2 aromatic rings.